The molecule has 2 rings (SSSR count). The third-order valence-corrected chi connectivity index (χ3v) is 4.34. The van der Waals surface area contributed by atoms with Crippen LogP contribution in [0.5, 0.6) is 0 Å². The lowest BCUT2D eigenvalue weighted by Gasteiger charge is -2.19. The zero-order chi connectivity index (χ0) is 15.6. The summed E-state index contributed by atoms with van der Waals surface area (Å²) in [7, 11) is 0. The predicted molar refractivity (Wildman–Crippen MR) is 81.5 cm³/mol. The number of nitrogens with one attached hydrogen (secondary N) is 1. The van der Waals surface area contributed by atoms with Crippen LogP contribution in [0.1, 0.15) is 23.7 Å². The molecule has 0 saturated carbocycles. The fourth-order valence-electron chi connectivity index (χ4n) is 2.31. The van der Waals surface area contributed by atoms with E-state index in [4.69, 9.17) is 5.11 Å². The van der Waals surface area contributed by atoms with Crippen LogP contribution in [0.2, 0.25) is 0 Å². The average Bonchev–Trinajstić information content (AvgIpc) is 2.90. The van der Waals surface area contributed by atoms with Gasteiger partial charge in [0.25, 0.3) is 0 Å². The van der Waals surface area contributed by atoms with Gasteiger partial charge >= 0.3 is 12.0 Å². The number of hydrogen-bond donors (Lipinski definition) is 3. The van der Waals surface area contributed by atoms with E-state index in [1.54, 1.807) is 17.9 Å². The van der Waals surface area contributed by atoms with E-state index in [9.17, 15) is 14.7 Å². The summed E-state index contributed by atoms with van der Waals surface area (Å²) in [5.74, 6) is -0.960. The van der Waals surface area contributed by atoms with Crippen molar-refractivity contribution in [1.29, 1.82) is 0 Å². The number of amides is 2. The van der Waals surface area contributed by atoms with Gasteiger partial charge in [0.15, 0.2) is 0 Å². The Hall–Kier alpha value is -1.60. The summed E-state index contributed by atoms with van der Waals surface area (Å²) < 4.78 is 0.618. The molecular formula is C14H17BrN2O4. The molecule has 1 aliphatic heterocycles. The van der Waals surface area contributed by atoms with Crippen LogP contribution in [0.15, 0.2) is 22.7 Å². The molecule has 0 bridgehead atoms. The summed E-state index contributed by atoms with van der Waals surface area (Å²) in [6, 6.07) is 4.16. The SMILES string of the molecule is CC(O)C1CCN(C(=O)Nc2cc(C(=O)O)ccc2Br)C1. The molecule has 0 radical (unpaired) electrons. The number of nitrogens with zero attached hydrogens (tertiary/aromatic N) is 1. The molecule has 1 heterocycles. The standard InChI is InChI=1S/C14H17BrN2O4/c1-8(18)10-4-5-17(7-10)14(21)16-12-6-9(13(19)20)2-3-11(12)15/h2-3,6,8,10,18H,4-5,7H2,1H3,(H,16,21)(H,19,20). The largest absolute Gasteiger partial charge is 0.478 e. The first-order valence-electron chi connectivity index (χ1n) is 6.65. The van der Waals surface area contributed by atoms with Crippen molar-refractivity contribution in [2.75, 3.05) is 18.4 Å². The summed E-state index contributed by atoms with van der Waals surface area (Å²) >= 11 is 3.29. The van der Waals surface area contributed by atoms with Gasteiger partial charge in [0.2, 0.25) is 0 Å². The van der Waals surface area contributed by atoms with Gasteiger partial charge in [-0.2, -0.15) is 0 Å². The molecule has 1 saturated heterocycles. The van der Waals surface area contributed by atoms with Gasteiger partial charge in [-0.1, -0.05) is 0 Å². The van der Waals surface area contributed by atoms with Crippen molar-refractivity contribution in [1.82, 2.24) is 4.90 Å². The third-order valence-electron chi connectivity index (χ3n) is 3.65. The number of rotatable bonds is 3. The van der Waals surface area contributed by atoms with E-state index in [1.807, 2.05) is 0 Å². The van der Waals surface area contributed by atoms with Gasteiger partial charge in [-0.15, -0.1) is 0 Å². The van der Waals surface area contributed by atoms with E-state index in [2.05, 4.69) is 21.2 Å². The number of hydrogen-bond acceptors (Lipinski definition) is 3. The average molecular weight is 357 g/mol. The van der Waals surface area contributed by atoms with Crippen molar-refractivity contribution in [2.45, 2.75) is 19.4 Å². The minimum absolute atomic E-state index is 0.0875. The molecule has 1 aliphatic rings. The van der Waals surface area contributed by atoms with Gasteiger partial charge < -0.3 is 20.4 Å². The van der Waals surface area contributed by atoms with Crippen molar-refractivity contribution in [3.63, 3.8) is 0 Å². The number of halogens is 1. The molecule has 0 aromatic heterocycles. The van der Waals surface area contributed by atoms with Crippen molar-refractivity contribution >= 4 is 33.6 Å². The molecule has 1 aromatic carbocycles. The van der Waals surface area contributed by atoms with Gasteiger partial charge in [-0.05, 0) is 47.5 Å². The Labute approximate surface area is 130 Å². The van der Waals surface area contributed by atoms with E-state index >= 15 is 0 Å². The first kappa shape index (κ1) is 15.8. The van der Waals surface area contributed by atoms with Gasteiger partial charge in [-0.3, -0.25) is 0 Å². The van der Waals surface area contributed by atoms with Gasteiger partial charge in [-0.25, -0.2) is 9.59 Å². The first-order valence-corrected chi connectivity index (χ1v) is 7.44. The molecule has 7 heteroatoms. The number of urea groups is 1. The van der Waals surface area contributed by atoms with Gasteiger partial charge in [0.05, 0.1) is 17.4 Å². The van der Waals surface area contributed by atoms with Crippen LogP contribution < -0.4 is 5.32 Å². The number of carboxylic acid groups (broad SMARTS) is 1. The van der Waals surface area contributed by atoms with Crippen LogP contribution in [0, 0.1) is 5.92 Å². The Bertz CT molecular complexity index is 562. The van der Waals surface area contributed by atoms with E-state index in [0.29, 0.717) is 23.2 Å². The Morgan fingerprint density at radius 1 is 1.48 bits per heavy atom. The molecule has 6 nitrogen and oxygen atoms in total. The number of carbonyl (C=O) groups excluding carboxylic acids is 1. The second-order valence-corrected chi connectivity index (χ2v) is 6.02. The molecule has 0 spiro atoms. The highest BCUT2D eigenvalue weighted by Gasteiger charge is 2.29. The fraction of sp³-hybridized carbons (Fsp3) is 0.429. The lowest BCUT2D eigenvalue weighted by Crippen LogP contribution is -2.34. The molecule has 114 valence electrons. The number of likely N-dealkylation sites (tertiary alicyclic amines) is 1. The highest BCUT2D eigenvalue weighted by Crippen LogP contribution is 2.25. The number of carbonyl (C=O) groups is 2. The number of anilines is 1. The van der Waals surface area contributed by atoms with Crippen molar-refractivity contribution in [3.8, 4) is 0 Å². The number of aliphatic hydroxyl groups excluding tert-OH is 1. The maximum Gasteiger partial charge on any atom is 0.335 e. The van der Waals surface area contributed by atoms with E-state index in [1.165, 1.54) is 12.1 Å². The van der Waals surface area contributed by atoms with Crippen molar-refractivity contribution < 1.29 is 19.8 Å². The lowest BCUT2D eigenvalue weighted by molar-refractivity contribution is 0.0696. The van der Waals surface area contributed by atoms with E-state index in [0.717, 1.165) is 6.42 Å². The number of aromatic carboxylic acids is 1. The highest BCUT2D eigenvalue weighted by atomic mass is 79.9. The summed E-state index contributed by atoms with van der Waals surface area (Å²) in [4.78, 5) is 24.8. The minimum Gasteiger partial charge on any atom is -0.478 e. The van der Waals surface area contributed by atoms with Gasteiger partial charge in [0, 0.05) is 23.5 Å². The lowest BCUT2D eigenvalue weighted by atomic mass is 10.0. The number of benzene rings is 1. The molecular weight excluding hydrogens is 340 g/mol. The molecule has 2 amide bonds. The maximum absolute atomic E-state index is 12.2. The first-order chi connectivity index (χ1) is 9.88. The summed E-state index contributed by atoms with van der Waals surface area (Å²) in [6.07, 6.45) is 0.325. The Morgan fingerprint density at radius 2 is 2.19 bits per heavy atom. The molecule has 21 heavy (non-hydrogen) atoms. The highest BCUT2D eigenvalue weighted by molar-refractivity contribution is 9.10. The Balaban J connectivity index is 2.06. The van der Waals surface area contributed by atoms with Crippen LogP contribution >= 0.6 is 15.9 Å². The van der Waals surface area contributed by atoms with Crippen LogP contribution in [0.4, 0.5) is 10.5 Å². The topological polar surface area (TPSA) is 89.9 Å². The van der Waals surface area contributed by atoms with Crippen LogP contribution in [-0.4, -0.2) is 46.3 Å². The molecule has 1 fully saturated rings. The normalized spacial score (nSPS) is 19.4. The van der Waals surface area contributed by atoms with Crippen molar-refractivity contribution in [3.05, 3.63) is 28.2 Å². The van der Waals surface area contributed by atoms with E-state index < -0.39 is 12.1 Å². The van der Waals surface area contributed by atoms with Crippen LogP contribution in [0.3, 0.4) is 0 Å². The molecule has 2 atom stereocenters. The Kier molecular flexibility index (Phi) is 4.84. The molecule has 0 aliphatic carbocycles. The van der Waals surface area contributed by atoms with Crippen LogP contribution in [-0.2, 0) is 0 Å². The second kappa shape index (κ2) is 6.44. The zero-order valence-electron chi connectivity index (χ0n) is 11.5. The van der Waals surface area contributed by atoms with E-state index in [-0.39, 0.29) is 17.5 Å². The minimum atomic E-state index is -1.05. The quantitative estimate of drug-likeness (QED) is 0.775. The molecule has 1 aromatic rings. The Morgan fingerprint density at radius 3 is 2.76 bits per heavy atom. The fourth-order valence-corrected chi connectivity index (χ4v) is 2.66. The molecule has 3 N–H and O–H groups in total. The monoisotopic (exact) mass is 356 g/mol. The number of carboxylic acids is 1. The third kappa shape index (κ3) is 3.74. The summed E-state index contributed by atoms with van der Waals surface area (Å²) in [5.41, 5.74) is 0.525. The van der Waals surface area contributed by atoms with Gasteiger partial charge in [0.1, 0.15) is 0 Å². The zero-order valence-corrected chi connectivity index (χ0v) is 13.1. The van der Waals surface area contributed by atoms with Crippen LogP contribution in [0.25, 0.3) is 0 Å². The number of aliphatic hydroxyl groups is 1. The predicted octanol–water partition coefficient (Wildman–Crippen LogP) is 2.38. The van der Waals surface area contributed by atoms with Crippen molar-refractivity contribution in [2.24, 2.45) is 5.92 Å². The smallest absolute Gasteiger partial charge is 0.335 e. The summed E-state index contributed by atoms with van der Waals surface area (Å²) in [5, 5.41) is 21.2. The summed E-state index contributed by atoms with van der Waals surface area (Å²) in [6.45, 7) is 2.80. The second-order valence-electron chi connectivity index (χ2n) is 5.17. The molecule has 2 unspecified atom stereocenters. The maximum atomic E-state index is 12.2.